The second kappa shape index (κ2) is 8.31. The molecule has 2 aromatic rings. The summed E-state index contributed by atoms with van der Waals surface area (Å²) in [5.74, 6) is 0.0947. The van der Waals surface area contributed by atoms with Crippen LogP contribution in [0.2, 0.25) is 0 Å². The molecular formula is C19H19NO7. The Morgan fingerprint density at radius 3 is 2.74 bits per heavy atom. The van der Waals surface area contributed by atoms with Crippen molar-refractivity contribution in [1.82, 2.24) is 5.32 Å². The summed E-state index contributed by atoms with van der Waals surface area (Å²) < 4.78 is 21.1. The topological polar surface area (TPSA) is 103 Å². The monoisotopic (exact) mass is 373 g/mol. The van der Waals surface area contributed by atoms with Gasteiger partial charge < -0.3 is 29.4 Å². The van der Waals surface area contributed by atoms with Crippen LogP contribution in [-0.4, -0.2) is 50.0 Å². The molecular weight excluding hydrogens is 354 g/mol. The summed E-state index contributed by atoms with van der Waals surface area (Å²) in [6.45, 7) is 0.0315. The highest BCUT2D eigenvalue weighted by molar-refractivity contribution is 5.94. The fraction of sp³-hybridized carbons (Fsp3) is 0.263. The summed E-state index contributed by atoms with van der Waals surface area (Å²) in [6.07, 6.45) is -0.342. The molecule has 0 saturated carbocycles. The Kier molecular flexibility index (Phi) is 5.65. The highest BCUT2D eigenvalue weighted by atomic mass is 16.6. The van der Waals surface area contributed by atoms with Crippen molar-refractivity contribution in [2.75, 3.05) is 26.9 Å². The molecule has 0 saturated heterocycles. The average molecular weight is 373 g/mol. The van der Waals surface area contributed by atoms with Crippen LogP contribution >= 0.6 is 0 Å². The lowest BCUT2D eigenvalue weighted by atomic mass is 10.2. The first kappa shape index (κ1) is 18.4. The van der Waals surface area contributed by atoms with Gasteiger partial charge in [-0.1, -0.05) is 12.1 Å². The van der Waals surface area contributed by atoms with E-state index in [4.69, 9.17) is 18.9 Å². The number of aromatic hydroxyl groups is 1. The van der Waals surface area contributed by atoms with Crippen LogP contribution < -0.4 is 19.5 Å². The van der Waals surface area contributed by atoms with Crippen molar-refractivity contribution < 1.29 is 33.6 Å². The second-order valence-electron chi connectivity index (χ2n) is 5.76. The Balaban J connectivity index is 1.44. The zero-order chi connectivity index (χ0) is 19.2. The van der Waals surface area contributed by atoms with Gasteiger partial charge >= 0.3 is 5.97 Å². The number of hydrogen-bond acceptors (Lipinski definition) is 7. The molecule has 0 aliphatic carbocycles. The third-order valence-corrected chi connectivity index (χ3v) is 3.85. The normalized spacial score (nSPS) is 14.9. The van der Waals surface area contributed by atoms with Gasteiger partial charge in [-0.15, -0.1) is 0 Å². The third kappa shape index (κ3) is 4.60. The number of ether oxygens (including phenoxy) is 4. The number of carbonyl (C=O) groups is 2. The van der Waals surface area contributed by atoms with E-state index in [1.165, 1.54) is 25.3 Å². The standard InChI is InChI=1S/C19H19NO7/c1-24-12-6-7-14(15(21)8-12)19(23)26-11-18(22)20-9-13-10-25-16-4-2-3-5-17(16)27-13/h2-8,13,21H,9-11H2,1H3,(H,20,22)/t13-/m1/s1. The van der Waals surface area contributed by atoms with E-state index in [2.05, 4.69) is 5.32 Å². The van der Waals surface area contributed by atoms with Crippen molar-refractivity contribution in [3.05, 3.63) is 48.0 Å². The van der Waals surface area contributed by atoms with E-state index in [0.717, 1.165) is 0 Å². The Labute approximate surface area is 155 Å². The lowest BCUT2D eigenvalue weighted by Gasteiger charge is -2.26. The SMILES string of the molecule is COc1ccc(C(=O)OCC(=O)NC[C@@H]2COc3ccccc3O2)c(O)c1. The highest BCUT2D eigenvalue weighted by Gasteiger charge is 2.21. The van der Waals surface area contributed by atoms with Gasteiger partial charge in [0.15, 0.2) is 18.1 Å². The summed E-state index contributed by atoms with van der Waals surface area (Å²) in [5, 5.41) is 12.4. The lowest BCUT2D eigenvalue weighted by Crippen LogP contribution is -2.42. The van der Waals surface area contributed by atoms with Gasteiger partial charge in [0.25, 0.3) is 5.91 Å². The molecule has 2 N–H and O–H groups in total. The summed E-state index contributed by atoms with van der Waals surface area (Å²) in [6, 6.07) is 11.4. The molecule has 0 radical (unpaired) electrons. The van der Waals surface area contributed by atoms with Crippen LogP contribution in [0, 0.1) is 0 Å². The number of carbonyl (C=O) groups excluding carboxylic acids is 2. The molecule has 0 unspecified atom stereocenters. The van der Waals surface area contributed by atoms with Crippen molar-refractivity contribution in [3.8, 4) is 23.0 Å². The molecule has 2 aromatic carbocycles. The Morgan fingerprint density at radius 2 is 2.00 bits per heavy atom. The summed E-state index contributed by atoms with van der Waals surface area (Å²) in [7, 11) is 1.44. The predicted octanol–water partition coefficient (Wildman–Crippen LogP) is 1.51. The minimum atomic E-state index is -0.809. The zero-order valence-electron chi connectivity index (χ0n) is 14.6. The van der Waals surface area contributed by atoms with Gasteiger partial charge in [0, 0.05) is 6.07 Å². The van der Waals surface area contributed by atoms with Crippen LogP contribution in [0.1, 0.15) is 10.4 Å². The molecule has 0 bridgehead atoms. The fourth-order valence-corrected chi connectivity index (χ4v) is 2.46. The van der Waals surface area contributed by atoms with Gasteiger partial charge in [0.05, 0.1) is 13.7 Å². The fourth-order valence-electron chi connectivity index (χ4n) is 2.46. The third-order valence-electron chi connectivity index (χ3n) is 3.85. The summed E-state index contributed by atoms with van der Waals surface area (Å²) >= 11 is 0. The van der Waals surface area contributed by atoms with Gasteiger partial charge in [-0.2, -0.15) is 0 Å². The molecule has 1 atom stereocenters. The molecule has 1 aliphatic rings. The maximum absolute atomic E-state index is 12.0. The maximum atomic E-state index is 12.0. The van der Waals surface area contributed by atoms with E-state index in [1.54, 1.807) is 12.1 Å². The Bertz CT molecular complexity index is 837. The Morgan fingerprint density at radius 1 is 1.22 bits per heavy atom. The number of nitrogens with one attached hydrogen (secondary N) is 1. The van der Waals surface area contributed by atoms with Gasteiger partial charge in [-0.25, -0.2) is 4.79 Å². The van der Waals surface area contributed by atoms with E-state index in [-0.39, 0.29) is 24.0 Å². The zero-order valence-corrected chi connectivity index (χ0v) is 14.6. The van der Waals surface area contributed by atoms with Crippen LogP contribution in [0.4, 0.5) is 0 Å². The molecule has 0 spiro atoms. The highest BCUT2D eigenvalue weighted by Crippen LogP contribution is 2.30. The summed E-state index contributed by atoms with van der Waals surface area (Å²) in [5.41, 5.74) is -0.0516. The quantitative estimate of drug-likeness (QED) is 0.740. The van der Waals surface area contributed by atoms with Gasteiger partial charge in [0.2, 0.25) is 0 Å². The molecule has 1 aliphatic heterocycles. The van der Waals surface area contributed by atoms with Crippen LogP contribution in [0.25, 0.3) is 0 Å². The van der Waals surface area contributed by atoms with E-state index < -0.39 is 18.5 Å². The number of methoxy groups -OCH3 is 1. The number of rotatable bonds is 6. The van der Waals surface area contributed by atoms with E-state index in [9.17, 15) is 14.7 Å². The van der Waals surface area contributed by atoms with Crippen molar-refractivity contribution in [2.24, 2.45) is 0 Å². The van der Waals surface area contributed by atoms with Gasteiger partial charge in [-0.05, 0) is 24.3 Å². The summed E-state index contributed by atoms with van der Waals surface area (Å²) in [4.78, 5) is 23.9. The van der Waals surface area contributed by atoms with Crippen molar-refractivity contribution in [1.29, 1.82) is 0 Å². The molecule has 3 rings (SSSR count). The molecule has 1 amide bonds. The van der Waals surface area contributed by atoms with Gasteiger partial charge in [0.1, 0.15) is 29.8 Å². The average Bonchev–Trinajstić information content (AvgIpc) is 2.70. The van der Waals surface area contributed by atoms with Crippen molar-refractivity contribution in [3.63, 3.8) is 0 Å². The maximum Gasteiger partial charge on any atom is 0.342 e. The number of benzene rings is 2. The first-order chi connectivity index (χ1) is 13.1. The predicted molar refractivity (Wildman–Crippen MR) is 94.3 cm³/mol. The molecule has 0 aromatic heterocycles. The van der Waals surface area contributed by atoms with Gasteiger partial charge in [-0.3, -0.25) is 4.79 Å². The second-order valence-corrected chi connectivity index (χ2v) is 5.76. The largest absolute Gasteiger partial charge is 0.507 e. The Hall–Kier alpha value is -3.42. The minimum absolute atomic E-state index is 0.0516. The minimum Gasteiger partial charge on any atom is -0.507 e. The van der Waals surface area contributed by atoms with E-state index >= 15 is 0 Å². The van der Waals surface area contributed by atoms with E-state index in [0.29, 0.717) is 23.9 Å². The number of esters is 1. The van der Waals surface area contributed by atoms with Crippen LogP contribution in [0.5, 0.6) is 23.0 Å². The molecule has 8 heteroatoms. The lowest BCUT2D eigenvalue weighted by molar-refractivity contribution is -0.124. The molecule has 142 valence electrons. The van der Waals surface area contributed by atoms with Crippen LogP contribution in [0.15, 0.2) is 42.5 Å². The molecule has 27 heavy (non-hydrogen) atoms. The molecule has 8 nitrogen and oxygen atoms in total. The smallest absolute Gasteiger partial charge is 0.342 e. The molecule has 0 fully saturated rings. The number of amides is 1. The molecule has 1 heterocycles. The number of fused-ring (bicyclic) bond motifs is 1. The van der Waals surface area contributed by atoms with Crippen molar-refractivity contribution in [2.45, 2.75) is 6.10 Å². The first-order valence-electron chi connectivity index (χ1n) is 8.26. The van der Waals surface area contributed by atoms with E-state index in [1.807, 2.05) is 12.1 Å². The number of phenolic OH excluding ortho intramolecular Hbond substituents is 1. The van der Waals surface area contributed by atoms with Crippen molar-refractivity contribution >= 4 is 11.9 Å². The number of hydrogen-bond donors (Lipinski definition) is 2. The number of para-hydroxylation sites is 2. The van der Waals surface area contributed by atoms with Crippen LogP contribution in [0.3, 0.4) is 0 Å². The number of phenols is 1. The first-order valence-corrected chi connectivity index (χ1v) is 8.26. The van der Waals surface area contributed by atoms with Crippen LogP contribution in [-0.2, 0) is 9.53 Å².